The van der Waals surface area contributed by atoms with Crippen LogP contribution >= 0.6 is 0 Å². The van der Waals surface area contributed by atoms with Crippen molar-refractivity contribution < 1.29 is 19.8 Å². The summed E-state index contributed by atoms with van der Waals surface area (Å²) in [6, 6.07) is -0.315. The summed E-state index contributed by atoms with van der Waals surface area (Å²) in [5.74, 6) is -0.823. The lowest BCUT2D eigenvalue weighted by Crippen LogP contribution is -2.42. The van der Waals surface area contributed by atoms with E-state index in [0.717, 1.165) is 0 Å². The van der Waals surface area contributed by atoms with Crippen LogP contribution in [0.3, 0.4) is 0 Å². The zero-order valence-corrected chi connectivity index (χ0v) is 9.77. The van der Waals surface area contributed by atoms with Crippen molar-refractivity contribution >= 4 is 12.0 Å². The Morgan fingerprint density at radius 1 is 1.44 bits per heavy atom. The number of nitrogens with zero attached hydrogens (tertiary/aromatic N) is 1. The first-order valence-corrected chi connectivity index (χ1v) is 5.31. The minimum absolute atomic E-state index is 0.0620. The molecule has 0 aliphatic rings. The first kappa shape index (κ1) is 14.7. The highest BCUT2D eigenvalue weighted by Crippen LogP contribution is 2.01. The highest BCUT2D eigenvalue weighted by Gasteiger charge is 2.11. The van der Waals surface area contributed by atoms with Gasteiger partial charge < -0.3 is 20.4 Å². The molecule has 0 bridgehead atoms. The molecule has 0 rings (SSSR count). The minimum Gasteiger partial charge on any atom is -0.481 e. The van der Waals surface area contributed by atoms with Gasteiger partial charge in [-0.25, -0.2) is 4.79 Å². The maximum atomic E-state index is 11.4. The molecule has 0 saturated carbocycles. The average Bonchev–Trinajstić information content (AvgIpc) is 2.17. The molecule has 0 aliphatic carbocycles. The quantitative estimate of drug-likeness (QED) is 0.587. The number of aliphatic hydroxyl groups is 1. The van der Waals surface area contributed by atoms with Crippen molar-refractivity contribution in [3.8, 4) is 0 Å². The predicted octanol–water partition coefficient (Wildman–Crippen LogP) is 0.263. The van der Waals surface area contributed by atoms with Crippen LogP contribution in [0.5, 0.6) is 0 Å². The van der Waals surface area contributed by atoms with Gasteiger partial charge in [0, 0.05) is 26.1 Å². The zero-order chi connectivity index (χ0) is 12.6. The Bertz CT molecular complexity index is 233. The van der Waals surface area contributed by atoms with Crippen LogP contribution in [-0.4, -0.2) is 53.4 Å². The van der Waals surface area contributed by atoms with E-state index in [9.17, 15) is 9.59 Å². The fourth-order valence-corrected chi connectivity index (χ4v) is 1.20. The number of carbonyl (C=O) groups excluding carboxylic acids is 1. The van der Waals surface area contributed by atoms with Crippen LogP contribution in [0.25, 0.3) is 0 Å². The fourth-order valence-electron chi connectivity index (χ4n) is 1.20. The van der Waals surface area contributed by atoms with E-state index in [1.807, 2.05) is 6.92 Å². The van der Waals surface area contributed by atoms with Crippen molar-refractivity contribution in [3.05, 3.63) is 0 Å². The molecule has 0 aliphatic heterocycles. The lowest BCUT2D eigenvalue weighted by Gasteiger charge is -2.20. The summed E-state index contributed by atoms with van der Waals surface area (Å²) >= 11 is 0. The van der Waals surface area contributed by atoms with Gasteiger partial charge in [-0.3, -0.25) is 4.79 Å². The molecule has 0 aromatic rings. The summed E-state index contributed by atoms with van der Waals surface area (Å²) in [5, 5.41) is 19.8. The monoisotopic (exact) mass is 232 g/mol. The molecule has 3 N–H and O–H groups in total. The molecule has 0 fully saturated rings. The molecule has 0 saturated heterocycles. The van der Waals surface area contributed by atoms with E-state index in [0.29, 0.717) is 12.8 Å². The summed E-state index contributed by atoms with van der Waals surface area (Å²) in [6.07, 6.45) is 1.29. The van der Waals surface area contributed by atoms with Gasteiger partial charge in [-0.05, 0) is 19.8 Å². The smallest absolute Gasteiger partial charge is 0.317 e. The van der Waals surface area contributed by atoms with Crippen LogP contribution in [0.2, 0.25) is 0 Å². The molecule has 16 heavy (non-hydrogen) atoms. The number of carboxylic acid groups (broad SMARTS) is 1. The first-order valence-electron chi connectivity index (χ1n) is 5.31. The Morgan fingerprint density at radius 3 is 2.56 bits per heavy atom. The molecule has 2 amide bonds. The second-order valence-electron chi connectivity index (χ2n) is 3.78. The Kier molecular flexibility index (Phi) is 7.28. The molecule has 0 aromatic carbocycles. The zero-order valence-electron chi connectivity index (χ0n) is 9.77. The number of amides is 2. The van der Waals surface area contributed by atoms with Crippen LogP contribution in [0.15, 0.2) is 0 Å². The number of hydrogen-bond donors (Lipinski definition) is 3. The van der Waals surface area contributed by atoms with Crippen molar-refractivity contribution in [1.29, 1.82) is 0 Å². The molecule has 0 heterocycles. The Morgan fingerprint density at radius 2 is 2.06 bits per heavy atom. The summed E-state index contributed by atoms with van der Waals surface area (Å²) in [6.45, 7) is 2.04. The van der Waals surface area contributed by atoms with Crippen LogP contribution < -0.4 is 5.32 Å². The number of carbonyl (C=O) groups is 2. The van der Waals surface area contributed by atoms with Gasteiger partial charge in [0.25, 0.3) is 0 Å². The Balaban J connectivity index is 3.73. The van der Waals surface area contributed by atoms with Crippen LogP contribution in [0.1, 0.15) is 26.2 Å². The average molecular weight is 232 g/mol. The predicted molar refractivity (Wildman–Crippen MR) is 59.2 cm³/mol. The van der Waals surface area contributed by atoms with Crippen molar-refractivity contribution in [3.63, 3.8) is 0 Å². The highest BCUT2D eigenvalue weighted by molar-refractivity contribution is 5.74. The van der Waals surface area contributed by atoms with Crippen molar-refractivity contribution in [2.75, 3.05) is 20.2 Å². The number of nitrogens with one attached hydrogen (secondary N) is 1. The van der Waals surface area contributed by atoms with E-state index in [1.165, 1.54) is 4.90 Å². The Labute approximate surface area is 95.2 Å². The summed E-state index contributed by atoms with van der Waals surface area (Å²) in [4.78, 5) is 23.1. The molecule has 1 unspecified atom stereocenters. The van der Waals surface area contributed by atoms with Crippen molar-refractivity contribution in [2.24, 2.45) is 0 Å². The summed E-state index contributed by atoms with van der Waals surface area (Å²) < 4.78 is 0. The van der Waals surface area contributed by atoms with E-state index >= 15 is 0 Å². The number of urea groups is 1. The standard InChI is InChI=1S/C10H20N2O4/c1-8(4-3-5-9(14)15)11-10(16)12(2)6-7-13/h8,13H,3-7H2,1-2H3,(H,11,16)(H,14,15). The van der Waals surface area contributed by atoms with Gasteiger partial charge in [-0.15, -0.1) is 0 Å². The molecule has 6 heteroatoms. The topological polar surface area (TPSA) is 89.9 Å². The number of aliphatic carboxylic acids is 1. The molecule has 0 radical (unpaired) electrons. The highest BCUT2D eigenvalue weighted by atomic mass is 16.4. The second-order valence-corrected chi connectivity index (χ2v) is 3.78. The van der Waals surface area contributed by atoms with Crippen molar-refractivity contribution in [1.82, 2.24) is 10.2 Å². The third-order valence-electron chi connectivity index (χ3n) is 2.18. The number of likely N-dealkylation sites (N-methyl/N-ethyl adjacent to an activating group) is 1. The van der Waals surface area contributed by atoms with E-state index in [-0.39, 0.29) is 31.6 Å². The number of hydrogen-bond acceptors (Lipinski definition) is 3. The molecular formula is C10H20N2O4. The Hall–Kier alpha value is -1.30. The van der Waals surface area contributed by atoms with Gasteiger partial charge in [-0.2, -0.15) is 0 Å². The lowest BCUT2D eigenvalue weighted by atomic mass is 10.1. The minimum atomic E-state index is -0.823. The van der Waals surface area contributed by atoms with Gasteiger partial charge in [0.05, 0.1) is 6.61 Å². The van der Waals surface area contributed by atoms with Crippen LogP contribution in [-0.2, 0) is 4.79 Å². The maximum Gasteiger partial charge on any atom is 0.317 e. The third-order valence-corrected chi connectivity index (χ3v) is 2.18. The third kappa shape index (κ3) is 7.05. The van der Waals surface area contributed by atoms with Gasteiger partial charge in [-0.1, -0.05) is 0 Å². The molecular weight excluding hydrogens is 212 g/mol. The van der Waals surface area contributed by atoms with Crippen molar-refractivity contribution in [2.45, 2.75) is 32.2 Å². The summed E-state index contributed by atoms with van der Waals surface area (Å²) in [7, 11) is 1.59. The van der Waals surface area contributed by atoms with Gasteiger partial charge in [0.2, 0.25) is 0 Å². The fraction of sp³-hybridized carbons (Fsp3) is 0.800. The SMILES string of the molecule is CC(CCCC(=O)O)NC(=O)N(C)CCO. The maximum absolute atomic E-state index is 11.4. The number of rotatable bonds is 7. The first-order chi connectivity index (χ1) is 7.47. The normalized spacial score (nSPS) is 11.9. The molecule has 0 aromatic heterocycles. The molecule has 1 atom stereocenters. The van der Waals surface area contributed by atoms with E-state index in [4.69, 9.17) is 10.2 Å². The second kappa shape index (κ2) is 7.92. The lowest BCUT2D eigenvalue weighted by molar-refractivity contribution is -0.137. The molecule has 94 valence electrons. The molecule has 0 spiro atoms. The molecule has 6 nitrogen and oxygen atoms in total. The van der Waals surface area contributed by atoms with Crippen LogP contribution in [0, 0.1) is 0 Å². The number of aliphatic hydroxyl groups excluding tert-OH is 1. The van der Waals surface area contributed by atoms with E-state index in [1.54, 1.807) is 7.05 Å². The largest absolute Gasteiger partial charge is 0.481 e. The van der Waals surface area contributed by atoms with Crippen LogP contribution in [0.4, 0.5) is 4.79 Å². The van der Waals surface area contributed by atoms with Gasteiger partial charge in [0.1, 0.15) is 0 Å². The summed E-state index contributed by atoms with van der Waals surface area (Å²) in [5.41, 5.74) is 0. The van der Waals surface area contributed by atoms with E-state index in [2.05, 4.69) is 5.32 Å². The van der Waals surface area contributed by atoms with Gasteiger partial charge in [0.15, 0.2) is 0 Å². The van der Waals surface area contributed by atoms with Gasteiger partial charge >= 0.3 is 12.0 Å². The number of carboxylic acids is 1. The van der Waals surface area contributed by atoms with E-state index < -0.39 is 5.97 Å².